The molecule has 4 rings (SSSR count). The minimum absolute atomic E-state index is 0.347. The normalized spacial score (nSPS) is 17.4. The number of primary amides is 1. The number of anilines is 1. The van der Waals surface area contributed by atoms with Gasteiger partial charge in [-0.05, 0) is 25.0 Å². The number of nitrogens with zero attached hydrogens (tertiary/aromatic N) is 4. The second kappa shape index (κ2) is 6.20. The average molecular weight is 376 g/mol. The van der Waals surface area contributed by atoms with Crippen molar-refractivity contribution in [3.8, 4) is 5.69 Å². The van der Waals surface area contributed by atoms with E-state index in [1.807, 2.05) is 27.8 Å². The van der Waals surface area contributed by atoms with E-state index in [-0.39, 0.29) is 11.9 Å². The third kappa shape index (κ3) is 2.71. The maximum Gasteiger partial charge on any atom is 0.240 e. The Balaban J connectivity index is 1.97. The molecule has 1 amide bonds. The highest BCUT2D eigenvalue weighted by Gasteiger charge is 2.30. The third-order valence-corrected chi connectivity index (χ3v) is 5.29. The molecule has 0 aliphatic carbocycles. The number of benzene rings is 1. The highest BCUT2D eigenvalue weighted by atomic mass is 35.5. The van der Waals surface area contributed by atoms with Crippen molar-refractivity contribution in [3.63, 3.8) is 0 Å². The fourth-order valence-electron chi connectivity index (χ4n) is 3.30. The predicted octanol–water partition coefficient (Wildman–Crippen LogP) is 3.18. The van der Waals surface area contributed by atoms with Gasteiger partial charge in [-0.15, -0.1) is 0 Å². The van der Waals surface area contributed by atoms with Crippen LogP contribution in [0.15, 0.2) is 36.9 Å². The number of carbonyl (C=O) groups is 1. The molecule has 2 N–H and O–H groups in total. The second-order valence-corrected chi connectivity index (χ2v) is 6.77. The Hall–Kier alpha value is -2.31. The summed E-state index contributed by atoms with van der Waals surface area (Å²) in [5, 5.41) is 1.67. The van der Waals surface area contributed by atoms with Crippen LogP contribution in [-0.4, -0.2) is 33.0 Å². The van der Waals surface area contributed by atoms with Gasteiger partial charge in [-0.2, -0.15) is 0 Å². The van der Waals surface area contributed by atoms with Crippen molar-refractivity contribution in [3.05, 3.63) is 47.0 Å². The van der Waals surface area contributed by atoms with Gasteiger partial charge in [0.25, 0.3) is 0 Å². The summed E-state index contributed by atoms with van der Waals surface area (Å²) >= 11 is 12.6. The zero-order valence-corrected chi connectivity index (χ0v) is 14.7. The molecule has 3 heterocycles. The van der Waals surface area contributed by atoms with E-state index in [0.29, 0.717) is 27.9 Å². The number of nitrogens with two attached hydrogens (primary N) is 1. The van der Waals surface area contributed by atoms with Gasteiger partial charge >= 0.3 is 0 Å². The van der Waals surface area contributed by atoms with Crippen LogP contribution < -0.4 is 10.6 Å². The number of imidazole rings is 1. The summed E-state index contributed by atoms with van der Waals surface area (Å²) in [5.41, 5.74) is 7.01. The van der Waals surface area contributed by atoms with Gasteiger partial charge in [-0.1, -0.05) is 23.2 Å². The van der Waals surface area contributed by atoms with Crippen LogP contribution in [0.1, 0.15) is 12.8 Å². The molecule has 25 heavy (non-hydrogen) atoms. The van der Waals surface area contributed by atoms with E-state index in [1.165, 1.54) is 0 Å². The number of fused-ring (bicyclic) bond motifs is 1. The fourth-order valence-corrected chi connectivity index (χ4v) is 3.66. The van der Waals surface area contributed by atoms with Gasteiger partial charge in [0.2, 0.25) is 5.91 Å². The molecule has 3 aromatic rings. The van der Waals surface area contributed by atoms with E-state index in [1.54, 1.807) is 18.6 Å². The molecule has 1 aromatic carbocycles. The third-order valence-electron chi connectivity index (χ3n) is 4.50. The molecule has 2 aromatic heterocycles. The Bertz CT molecular complexity index is 957. The summed E-state index contributed by atoms with van der Waals surface area (Å²) in [6.07, 6.45) is 6.86. The van der Waals surface area contributed by atoms with Crippen molar-refractivity contribution in [2.45, 2.75) is 18.9 Å². The summed E-state index contributed by atoms with van der Waals surface area (Å²) in [6.45, 7) is 0.716. The molecule has 0 radical (unpaired) electrons. The molecule has 1 atom stereocenters. The van der Waals surface area contributed by atoms with E-state index < -0.39 is 0 Å². The van der Waals surface area contributed by atoms with Crippen LogP contribution in [0.2, 0.25) is 10.0 Å². The SMILES string of the molecule is NC(=O)[C@@H]1CCCN1c1cc(-n2ccnc2)c2ccc(Cl)c(Cl)c2n1. The predicted molar refractivity (Wildman–Crippen MR) is 98.4 cm³/mol. The van der Waals surface area contributed by atoms with E-state index in [0.717, 1.165) is 23.9 Å². The molecular weight excluding hydrogens is 361 g/mol. The largest absolute Gasteiger partial charge is 0.368 e. The van der Waals surface area contributed by atoms with E-state index >= 15 is 0 Å². The summed E-state index contributed by atoms with van der Waals surface area (Å²) < 4.78 is 1.88. The molecule has 1 saturated heterocycles. The Kier molecular flexibility index (Phi) is 4.01. The number of amides is 1. The lowest BCUT2D eigenvalue weighted by molar-refractivity contribution is -0.119. The maximum atomic E-state index is 11.8. The molecule has 1 fully saturated rings. The van der Waals surface area contributed by atoms with E-state index in [2.05, 4.69) is 9.97 Å². The quantitative estimate of drug-likeness (QED) is 0.762. The molecule has 6 nitrogen and oxygen atoms in total. The summed E-state index contributed by atoms with van der Waals surface area (Å²) in [4.78, 5) is 22.5. The Morgan fingerprint density at radius 1 is 1.32 bits per heavy atom. The molecule has 0 saturated carbocycles. The maximum absolute atomic E-state index is 11.8. The molecule has 0 spiro atoms. The van der Waals surface area contributed by atoms with E-state index in [4.69, 9.17) is 28.9 Å². The zero-order chi connectivity index (χ0) is 17.6. The van der Waals surface area contributed by atoms with Crippen molar-refractivity contribution >= 4 is 45.8 Å². The van der Waals surface area contributed by atoms with Crippen LogP contribution in [0.5, 0.6) is 0 Å². The molecule has 0 bridgehead atoms. The van der Waals surface area contributed by atoms with Crippen molar-refractivity contribution < 1.29 is 4.79 Å². The number of hydrogen-bond acceptors (Lipinski definition) is 4. The minimum atomic E-state index is -0.362. The van der Waals surface area contributed by atoms with Gasteiger partial charge in [0.1, 0.15) is 11.9 Å². The number of pyridine rings is 1. The van der Waals surface area contributed by atoms with Gasteiger partial charge in [0.15, 0.2) is 0 Å². The smallest absolute Gasteiger partial charge is 0.240 e. The molecule has 8 heteroatoms. The average Bonchev–Trinajstić information content (AvgIpc) is 3.28. The highest BCUT2D eigenvalue weighted by molar-refractivity contribution is 6.45. The van der Waals surface area contributed by atoms with Crippen molar-refractivity contribution in [2.24, 2.45) is 5.73 Å². The van der Waals surface area contributed by atoms with Gasteiger partial charge in [-0.3, -0.25) is 4.79 Å². The number of carbonyl (C=O) groups excluding carboxylic acids is 1. The van der Waals surface area contributed by atoms with Crippen molar-refractivity contribution in [1.82, 2.24) is 14.5 Å². The molecule has 1 aliphatic heterocycles. The van der Waals surface area contributed by atoms with Gasteiger partial charge in [0, 0.05) is 30.4 Å². The van der Waals surface area contributed by atoms with Crippen molar-refractivity contribution in [2.75, 3.05) is 11.4 Å². The standard InChI is InChI=1S/C17H15Cl2N5O/c18-11-4-3-10-13(23-7-5-21-9-23)8-14(22-16(10)15(11)19)24-6-1-2-12(24)17(20)25/h3-5,7-9,12H,1-2,6H2,(H2,20,25)/t12-/m0/s1. The highest BCUT2D eigenvalue weighted by Crippen LogP contribution is 2.36. The Morgan fingerprint density at radius 3 is 2.88 bits per heavy atom. The molecule has 1 aliphatic rings. The molecule has 0 unspecified atom stereocenters. The second-order valence-electron chi connectivity index (χ2n) is 5.98. The lowest BCUT2D eigenvalue weighted by atomic mass is 10.1. The van der Waals surface area contributed by atoms with Crippen LogP contribution >= 0.6 is 23.2 Å². The molecular formula is C17H15Cl2N5O. The Labute approximate surface area is 154 Å². The first kappa shape index (κ1) is 16.2. The lowest BCUT2D eigenvalue weighted by Crippen LogP contribution is -2.40. The summed E-state index contributed by atoms with van der Waals surface area (Å²) in [5.74, 6) is 0.308. The minimum Gasteiger partial charge on any atom is -0.368 e. The summed E-state index contributed by atoms with van der Waals surface area (Å²) in [7, 11) is 0. The van der Waals surface area contributed by atoms with Crippen molar-refractivity contribution in [1.29, 1.82) is 0 Å². The van der Waals surface area contributed by atoms with Gasteiger partial charge in [-0.25, -0.2) is 9.97 Å². The first-order valence-electron chi connectivity index (χ1n) is 7.89. The fraction of sp³-hybridized carbons (Fsp3) is 0.235. The number of halogens is 2. The number of hydrogen-bond donors (Lipinski definition) is 1. The zero-order valence-electron chi connectivity index (χ0n) is 13.2. The lowest BCUT2D eigenvalue weighted by Gasteiger charge is -2.24. The van der Waals surface area contributed by atoms with Crippen LogP contribution in [-0.2, 0) is 4.79 Å². The van der Waals surface area contributed by atoms with Crippen LogP contribution in [0.25, 0.3) is 16.6 Å². The van der Waals surface area contributed by atoms with Gasteiger partial charge in [0.05, 0.1) is 27.6 Å². The van der Waals surface area contributed by atoms with Crippen LogP contribution in [0.4, 0.5) is 5.82 Å². The topological polar surface area (TPSA) is 77.0 Å². The monoisotopic (exact) mass is 375 g/mol. The Morgan fingerprint density at radius 2 is 2.16 bits per heavy atom. The van der Waals surface area contributed by atoms with Crippen LogP contribution in [0.3, 0.4) is 0 Å². The molecule has 128 valence electrons. The first-order valence-corrected chi connectivity index (χ1v) is 8.65. The summed E-state index contributed by atoms with van der Waals surface area (Å²) in [6, 6.07) is 5.19. The number of rotatable bonds is 3. The first-order chi connectivity index (χ1) is 12.1. The van der Waals surface area contributed by atoms with E-state index in [9.17, 15) is 4.79 Å². The van der Waals surface area contributed by atoms with Gasteiger partial charge < -0.3 is 15.2 Å². The van der Waals surface area contributed by atoms with Crippen LogP contribution in [0, 0.1) is 0 Å². The number of aromatic nitrogens is 3.